The fraction of sp³-hybridized carbons (Fsp3) is 0.462. The summed E-state index contributed by atoms with van der Waals surface area (Å²) >= 11 is 0. The number of aliphatic imine (C=N–C) groups is 1. The van der Waals surface area contributed by atoms with Gasteiger partial charge in [-0.05, 0) is 18.6 Å². The Kier molecular flexibility index (Phi) is 3.85. The quantitative estimate of drug-likeness (QED) is 0.847. The van der Waals surface area contributed by atoms with E-state index in [0.717, 1.165) is 18.6 Å². The molecule has 2 N–H and O–H groups in total. The summed E-state index contributed by atoms with van der Waals surface area (Å²) in [7, 11) is 0. The van der Waals surface area contributed by atoms with Crippen LogP contribution in [0.15, 0.2) is 35.3 Å². The van der Waals surface area contributed by atoms with Gasteiger partial charge in [-0.15, -0.1) is 0 Å². The summed E-state index contributed by atoms with van der Waals surface area (Å²) in [6, 6.07) is 10.3. The third-order valence-electron chi connectivity index (χ3n) is 2.77. The van der Waals surface area contributed by atoms with Crippen LogP contribution in [0.5, 0.6) is 5.75 Å². The van der Waals surface area contributed by atoms with Crippen molar-refractivity contribution in [1.29, 1.82) is 0 Å². The summed E-state index contributed by atoms with van der Waals surface area (Å²) in [5, 5.41) is 0. The fourth-order valence-corrected chi connectivity index (χ4v) is 1.85. The van der Waals surface area contributed by atoms with E-state index in [9.17, 15) is 0 Å². The van der Waals surface area contributed by atoms with Crippen LogP contribution in [-0.4, -0.2) is 24.8 Å². The van der Waals surface area contributed by atoms with Crippen LogP contribution in [0.3, 0.4) is 0 Å². The smallest absolute Gasteiger partial charge is 0.282 e. The van der Waals surface area contributed by atoms with Gasteiger partial charge in [0.1, 0.15) is 18.5 Å². The van der Waals surface area contributed by atoms with Crippen molar-refractivity contribution >= 4 is 6.02 Å². The second-order valence-corrected chi connectivity index (χ2v) is 4.13. The lowest BCUT2D eigenvalue weighted by Crippen LogP contribution is -2.22. The standard InChI is InChI=1S/C13H18N2O2/c1-2-11(8-10-9-16-13(14)15-10)17-12-6-4-3-5-7-12/h3-7,10-11H,2,8-9H2,1H3,(H2,14,15)/t10-,11-/m0/s1. The SMILES string of the molecule is CC[C@@H](C[C@H]1COC(N)=N1)Oc1ccccc1. The van der Waals surface area contributed by atoms with Crippen molar-refractivity contribution in [2.24, 2.45) is 10.7 Å². The third kappa shape index (κ3) is 3.37. The molecule has 0 bridgehead atoms. The molecule has 0 fully saturated rings. The molecule has 0 saturated carbocycles. The lowest BCUT2D eigenvalue weighted by atomic mass is 10.1. The fourth-order valence-electron chi connectivity index (χ4n) is 1.85. The summed E-state index contributed by atoms with van der Waals surface area (Å²) in [5.74, 6) is 0.898. The first-order valence-corrected chi connectivity index (χ1v) is 5.95. The molecule has 1 heterocycles. The van der Waals surface area contributed by atoms with Crippen molar-refractivity contribution < 1.29 is 9.47 Å². The van der Waals surface area contributed by atoms with E-state index < -0.39 is 0 Å². The number of ether oxygens (including phenoxy) is 2. The first-order valence-electron chi connectivity index (χ1n) is 5.95. The Morgan fingerprint density at radius 2 is 2.24 bits per heavy atom. The maximum Gasteiger partial charge on any atom is 0.282 e. The van der Waals surface area contributed by atoms with Crippen LogP contribution in [0.2, 0.25) is 0 Å². The van der Waals surface area contributed by atoms with Gasteiger partial charge in [0.15, 0.2) is 0 Å². The van der Waals surface area contributed by atoms with Gasteiger partial charge in [0, 0.05) is 6.42 Å². The zero-order valence-electron chi connectivity index (χ0n) is 10.0. The van der Waals surface area contributed by atoms with Gasteiger partial charge in [-0.1, -0.05) is 25.1 Å². The Morgan fingerprint density at radius 1 is 1.47 bits per heavy atom. The first kappa shape index (κ1) is 11.8. The lowest BCUT2D eigenvalue weighted by molar-refractivity contribution is 0.168. The molecule has 1 aromatic rings. The van der Waals surface area contributed by atoms with Crippen LogP contribution in [0.1, 0.15) is 19.8 Å². The zero-order valence-corrected chi connectivity index (χ0v) is 10.0. The predicted molar refractivity (Wildman–Crippen MR) is 67.1 cm³/mol. The van der Waals surface area contributed by atoms with Crippen LogP contribution in [-0.2, 0) is 4.74 Å². The van der Waals surface area contributed by atoms with Crippen LogP contribution < -0.4 is 10.5 Å². The molecule has 0 aromatic heterocycles. The molecule has 0 aliphatic carbocycles. The summed E-state index contributed by atoms with van der Waals surface area (Å²) in [5.41, 5.74) is 5.48. The van der Waals surface area contributed by atoms with E-state index in [0.29, 0.717) is 12.6 Å². The highest BCUT2D eigenvalue weighted by Crippen LogP contribution is 2.18. The molecule has 1 aliphatic rings. The molecule has 92 valence electrons. The monoisotopic (exact) mass is 234 g/mol. The van der Waals surface area contributed by atoms with Gasteiger partial charge in [0.05, 0.1) is 6.04 Å². The number of benzene rings is 1. The van der Waals surface area contributed by atoms with E-state index in [1.54, 1.807) is 0 Å². The second-order valence-electron chi connectivity index (χ2n) is 4.13. The number of nitrogens with zero attached hydrogens (tertiary/aromatic N) is 1. The van der Waals surface area contributed by atoms with Gasteiger partial charge >= 0.3 is 0 Å². The third-order valence-corrected chi connectivity index (χ3v) is 2.77. The molecule has 0 radical (unpaired) electrons. The minimum Gasteiger partial charge on any atom is -0.490 e. The highest BCUT2D eigenvalue weighted by molar-refractivity contribution is 5.73. The molecule has 0 amide bonds. The van der Waals surface area contributed by atoms with Crippen molar-refractivity contribution in [3.63, 3.8) is 0 Å². The van der Waals surface area contributed by atoms with E-state index in [2.05, 4.69) is 11.9 Å². The van der Waals surface area contributed by atoms with E-state index >= 15 is 0 Å². The van der Waals surface area contributed by atoms with E-state index in [1.807, 2.05) is 30.3 Å². The first-order chi connectivity index (χ1) is 8.28. The van der Waals surface area contributed by atoms with Gasteiger partial charge in [-0.25, -0.2) is 4.99 Å². The Balaban J connectivity index is 1.89. The summed E-state index contributed by atoms with van der Waals surface area (Å²) in [6.45, 7) is 2.68. The Morgan fingerprint density at radius 3 is 2.82 bits per heavy atom. The molecule has 17 heavy (non-hydrogen) atoms. The largest absolute Gasteiger partial charge is 0.490 e. The van der Waals surface area contributed by atoms with Crippen molar-refractivity contribution in [2.75, 3.05) is 6.61 Å². The summed E-state index contributed by atoms with van der Waals surface area (Å²) in [4.78, 5) is 4.21. The lowest BCUT2D eigenvalue weighted by Gasteiger charge is -2.19. The number of hydrogen-bond acceptors (Lipinski definition) is 4. The minimum absolute atomic E-state index is 0.128. The van der Waals surface area contributed by atoms with Crippen molar-refractivity contribution in [3.8, 4) is 5.75 Å². The van der Waals surface area contributed by atoms with E-state index in [4.69, 9.17) is 15.2 Å². The average molecular weight is 234 g/mol. The van der Waals surface area contributed by atoms with Gasteiger partial charge < -0.3 is 15.2 Å². The predicted octanol–water partition coefficient (Wildman–Crippen LogP) is 1.95. The number of hydrogen-bond donors (Lipinski definition) is 1. The maximum absolute atomic E-state index is 5.90. The zero-order chi connectivity index (χ0) is 12.1. The highest BCUT2D eigenvalue weighted by atomic mass is 16.5. The molecule has 0 unspecified atom stereocenters. The molecule has 0 spiro atoms. The molecule has 2 rings (SSSR count). The molecule has 1 aliphatic heterocycles. The van der Waals surface area contributed by atoms with Gasteiger partial charge in [0.2, 0.25) is 0 Å². The summed E-state index contributed by atoms with van der Waals surface area (Å²) in [6.07, 6.45) is 1.94. The highest BCUT2D eigenvalue weighted by Gasteiger charge is 2.21. The Labute approximate surface area is 101 Å². The van der Waals surface area contributed by atoms with E-state index in [1.165, 1.54) is 0 Å². The van der Waals surface area contributed by atoms with Crippen LogP contribution in [0.25, 0.3) is 0 Å². The van der Waals surface area contributed by atoms with Crippen LogP contribution in [0, 0.1) is 0 Å². The maximum atomic E-state index is 5.90. The molecule has 0 saturated heterocycles. The van der Waals surface area contributed by atoms with Crippen molar-refractivity contribution in [2.45, 2.75) is 31.9 Å². The number of nitrogens with two attached hydrogens (primary N) is 1. The molecule has 4 nitrogen and oxygen atoms in total. The van der Waals surface area contributed by atoms with E-state index in [-0.39, 0.29) is 12.1 Å². The van der Waals surface area contributed by atoms with Crippen molar-refractivity contribution in [3.05, 3.63) is 30.3 Å². The Bertz CT molecular complexity index is 378. The molecular formula is C13H18N2O2. The van der Waals surface area contributed by atoms with Crippen molar-refractivity contribution in [1.82, 2.24) is 0 Å². The number of rotatable bonds is 5. The Hall–Kier alpha value is -1.71. The number of para-hydroxylation sites is 1. The topological polar surface area (TPSA) is 56.8 Å². The molecular weight excluding hydrogens is 216 g/mol. The van der Waals surface area contributed by atoms with Gasteiger partial charge in [-0.2, -0.15) is 0 Å². The average Bonchev–Trinajstić information content (AvgIpc) is 2.75. The molecule has 1 aromatic carbocycles. The number of amidine groups is 1. The van der Waals surface area contributed by atoms with Gasteiger partial charge in [-0.3, -0.25) is 0 Å². The minimum atomic E-state index is 0.128. The van der Waals surface area contributed by atoms with Gasteiger partial charge in [0.25, 0.3) is 6.02 Å². The molecule has 4 heteroatoms. The second kappa shape index (κ2) is 5.57. The summed E-state index contributed by atoms with van der Waals surface area (Å²) < 4.78 is 11.0. The van der Waals surface area contributed by atoms with Crippen LogP contribution in [0.4, 0.5) is 0 Å². The normalized spacial score (nSPS) is 20.5. The molecule has 2 atom stereocenters. The van der Waals surface area contributed by atoms with Crippen LogP contribution >= 0.6 is 0 Å².